The van der Waals surface area contributed by atoms with Crippen LogP contribution in [0.5, 0.6) is 0 Å². The highest BCUT2D eigenvalue weighted by Gasteiger charge is 2.20. The van der Waals surface area contributed by atoms with E-state index < -0.39 is 0 Å². The molecule has 0 aliphatic carbocycles. The zero-order chi connectivity index (χ0) is 11.8. The number of rotatable bonds is 1. The Morgan fingerprint density at radius 3 is 3.00 bits per heavy atom. The second kappa shape index (κ2) is 4.17. The lowest BCUT2D eigenvalue weighted by molar-refractivity contribution is 0.461. The maximum atomic E-state index is 6.21. The van der Waals surface area contributed by atoms with Crippen LogP contribution in [0, 0.1) is 0 Å². The summed E-state index contributed by atoms with van der Waals surface area (Å²) in [5.74, 6) is 0. The highest BCUT2D eigenvalue weighted by Crippen LogP contribution is 2.31. The Morgan fingerprint density at radius 1 is 1.35 bits per heavy atom. The lowest BCUT2D eigenvalue weighted by Crippen LogP contribution is -2.31. The van der Waals surface area contributed by atoms with Crippen LogP contribution in [-0.2, 0) is 13.0 Å². The van der Waals surface area contributed by atoms with Crippen LogP contribution in [0.1, 0.15) is 12.1 Å². The predicted molar refractivity (Wildman–Crippen MR) is 69.0 cm³/mol. The van der Waals surface area contributed by atoms with Crippen LogP contribution in [0.2, 0.25) is 5.02 Å². The molecule has 1 aromatic heterocycles. The lowest BCUT2D eigenvalue weighted by Gasteiger charge is -2.21. The molecule has 0 spiro atoms. The summed E-state index contributed by atoms with van der Waals surface area (Å²) in [5.41, 5.74) is 9.22. The number of hydrogen-bond acceptors (Lipinski definition) is 2. The molecule has 1 aromatic carbocycles. The van der Waals surface area contributed by atoms with Crippen molar-refractivity contribution in [2.45, 2.75) is 25.4 Å². The van der Waals surface area contributed by atoms with Gasteiger partial charge in [0.05, 0.1) is 17.0 Å². The van der Waals surface area contributed by atoms with E-state index in [1.807, 2.05) is 30.6 Å². The molecule has 2 N–H and O–H groups in total. The molecule has 1 atom stereocenters. The maximum Gasteiger partial charge on any atom is 0.0956 e. The molecule has 1 aliphatic rings. The van der Waals surface area contributed by atoms with Gasteiger partial charge in [0.1, 0.15) is 0 Å². The van der Waals surface area contributed by atoms with Gasteiger partial charge in [-0.25, -0.2) is 4.98 Å². The molecule has 0 saturated heterocycles. The predicted octanol–water partition coefficient (Wildman–Crippen LogP) is 2.48. The van der Waals surface area contributed by atoms with E-state index in [9.17, 15) is 0 Å². The van der Waals surface area contributed by atoms with Crippen LogP contribution in [0.25, 0.3) is 11.3 Å². The Hall–Kier alpha value is -1.32. The average molecular weight is 248 g/mol. The van der Waals surface area contributed by atoms with E-state index in [0.717, 1.165) is 35.7 Å². The first-order valence-corrected chi connectivity index (χ1v) is 6.18. The molecule has 17 heavy (non-hydrogen) atoms. The highest BCUT2D eigenvalue weighted by molar-refractivity contribution is 6.33. The van der Waals surface area contributed by atoms with Gasteiger partial charge in [-0.2, -0.15) is 0 Å². The first kappa shape index (κ1) is 10.8. The fourth-order valence-electron chi connectivity index (χ4n) is 2.37. The number of halogens is 1. The fraction of sp³-hybridized carbons (Fsp3) is 0.308. The summed E-state index contributed by atoms with van der Waals surface area (Å²) in [4.78, 5) is 4.49. The van der Waals surface area contributed by atoms with Crippen molar-refractivity contribution in [1.82, 2.24) is 9.55 Å². The molecule has 1 unspecified atom stereocenters. The summed E-state index contributed by atoms with van der Waals surface area (Å²) >= 11 is 6.21. The summed E-state index contributed by atoms with van der Waals surface area (Å²) in [6.07, 6.45) is 3.86. The molecular formula is C13H14ClN3. The van der Waals surface area contributed by atoms with E-state index in [1.165, 1.54) is 5.69 Å². The van der Waals surface area contributed by atoms with E-state index in [4.69, 9.17) is 17.3 Å². The second-order valence-corrected chi connectivity index (χ2v) is 4.88. The number of hydrogen-bond donors (Lipinski definition) is 1. The highest BCUT2D eigenvalue weighted by atomic mass is 35.5. The van der Waals surface area contributed by atoms with E-state index in [0.29, 0.717) is 0 Å². The van der Waals surface area contributed by atoms with E-state index in [-0.39, 0.29) is 6.04 Å². The van der Waals surface area contributed by atoms with E-state index >= 15 is 0 Å². The first-order valence-electron chi connectivity index (χ1n) is 5.80. The average Bonchev–Trinajstić information content (AvgIpc) is 2.72. The first-order chi connectivity index (χ1) is 8.25. The maximum absolute atomic E-state index is 6.21. The van der Waals surface area contributed by atoms with Crippen molar-refractivity contribution < 1.29 is 0 Å². The van der Waals surface area contributed by atoms with Gasteiger partial charge in [-0.1, -0.05) is 29.8 Å². The minimum atomic E-state index is 0.246. The summed E-state index contributed by atoms with van der Waals surface area (Å²) in [7, 11) is 0. The third-order valence-electron chi connectivity index (χ3n) is 3.26. The summed E-state index contributed by atoms with van der Waals surface area (Å²) in [5, 5.41) is 0.754. The molecule has 0 amide bonds. The minimum absolute atomic E-state index is 0.246. The SMILES string of the molecule is NC1CCc2c(-c3ccccc3Cl)ncn2C1. The van der Waals surface area contributed by atoms with Crippen LogP contribution in [-0.4, -0.2) is 15.6 Å². The zero-order valence-corrected chi connectivity index (χ0v) is 10.2. The van der Waals surface area contributed by atoms with Crippen molar-refractivity contribution in [2.24, 2.45) is 5.73 Å². The second-order valence-electron chi connectivity index (χ2n) is 4.47. The lowest BCUT2D eigenvalue weighted by atomic mass is 10.0. The molecule has 0 radical (unpaired) electrons. The van der Waals surface area contributed by atoms with Crippen molar-refractivity contribution in [1.29, 1.82) is 0 Å². The van der Waals surface area contributed by atoms with Crippen LogP contribution in [0.3, 0.4) is 0 Å². The minimum Gasteiger partial charge on any atom is -0.332 e. The largest absolute Gasteiger partial charge is 0.332 e. The Bertz CT molecular complexity index is 547. The Balaban J connectivity index is 2.09. The van der Waals surface area contributed by atoms with Gasteiger partial charge in [0.25, 0.3) is 0 Å². The molecular weight excluding hydrogens is 234 g/mol. The van der Waals surface area contributed by atoms with Crippen molar-refractivity contribution in [3.05, 3.63) is 41.3 Å². The van der Waals surface area contributed by atoms with Crippen molar-refractivity contribution in [3.8, 4) is 11.3 Å². The van der Waals surface area contributed by atoms with Gasteiger partial charge < -0.3 is 10.3 Å². The van der Waals surface area contributed by atoms with Crippen molar-refractivity contribution >= 4 is 11.6 Å². The van der Waals surface area contributed by atoms with E-state index in [1.54, 1.807) is 0 Å². The molecule has 0 bridgehead atoms. The number of aromatic nitrogens is 2. The number of fused-ring (bicyclic) bond motifs is 1. The van der Waals surface area contributed by atoms with Crippen molar-refractivity contribution in [2.75, 3.05) is 0 Å². The molecule has 4 heteroatoms. The number of imidazole rings is 1. The Labute approximate surface area is 105 Å². The topological polar surface area (TPSA) is 43.8 Å². The van der Waals surface area contributed by atoms with Gasteiger partial charge in [0, 0.05) is 23.8 Å². The van der Waals surface area contributed by atoms with Crippen LogP contribution in [0.15, 0.2) is 30.6 Å². The Kier molecular flexibility index (Phi) is 2.65. The zero-order valence-electron chi connectivity index (χ0n) is 9.44. The molecule has 3 nitrogen and oxygen atoms in total. The number of nitrogens with two attached hydrogens (primary N) is 1. The fourth-order valence-corrected chi connectivity index (χ4v) is 2.60. The molecule has 2 heterocycles. The quantitative estimate of drug-likeness (QED) is 0.841. The van der Waals surface area contributed by atoms with Gasteiger partial charge >= 0.3 is 0 Å². The third kappa shape index (κ3) is 1.85. The monoisotopic (exact) mass is 247 g/mol. The van der Waals surface area contributed by atoms with Gasteiger partial charge in [-0.15, -0.1) is 0 Å². The Morgan fingerprint density at radius 2 is 2.18 bits per heavy atom. The summed E-state index contributed by atoms with van der Waals surface area (Å²) in [6, 6.07) is 8.08. The molecule has 0 fully saturated rings. The van der Waals surface area contributed by atoms with Gasteiger partial charge in [-0.05, 0) is 18.9 Å². The van der Waals surface area contributed by atoms with Gasteiger partial charge in [0.2, 0.25) is 0 Å². The third-order valence-corrected chi connectivity index (χ3v) is 3.59. The number of nitrogens with zero attached hydrogens (tertiary/aromatic N) is 2. The van der Waals surface area contributed by atoms with Crippen LogP contribution < -0.4 is 5.73 Å². The smallest absolute Gasteiger partial charge is 0.0956 e. The normalized spacial score (nSPS) is 19.1. The van der Waals surface area contributed by atoms with E-state index in [2.05, 4.69) is 9.55 Å². The molecule has 0 saturated carbocycles. The molecule has 1 aliphatic heterocycles. The van der Waals surface area contributed by atoms with Crippen molar-refractivity contribution in [3.63, 3.8) is 0 Å². The van der Waals surface area contributed by atoms with Crippen LogP contribution >= 0.6 is 11.6 Å². The standard InChI is InChI=1S/C13H14ClN3/c14-11-4-2-1-3-10(11)13-12-6-5-9(15)7-17(12)8-16-13/h1-4,8-9H,5-7,15H2. The molecule has 3 rings (SSSR count). The van der Waals surface area contributed by atoms with Gasteiger partial charge in [-0.3, -0.25) is 0 Å². The summed E-state index contributed by atoms with van der Waals surface area (Å²) < 4.78 is 2.15. The van der Waals surface area contributed by atoms with Gasteiger partial charge in [0.15, 0.2) is 0 Å². The molecule has 2 aromatic rings. The number of benzene rings is 1. The summed E-state index contributed by atoms with van der Waals surface area (Å²) in [6.45, 7) is 0.854. The van der Waals surface area contributed by atoms with Crippen LogP contribution in [0.4, 0.5) is 0 Å². The molecule has 88 valence electrons.